The van der Waals surface area contributed by atoms with Crippen LogP contribution in [0.25, 0.3) is 22.3 Å². The quantitative estimate of drug-likeness (QED) is 0.125. The molecule has 326 valence electrons. The van der Waals surface area contributed by atoms with Crippen LogP contribution >= 0.6 is 0 Å². The minimum absolute atomic E-state index is 0. The largest absolute Gasteiger partial charge is 0.657 e. The molecule has 1 aliphatic rings. The third-order valence-corrected chi connectivity index (χ3v) is 13.8. The Balaban J connectivity index is 0.00000576. The molecule has 0 atom stereocenters. The van der Waals surface area contributed by atoms with Crippen molar-refractivity contribution in [3.8, 4) is 0 Å². The summed E-state index contributed by atoms with van der Waals surface area (Å²) in [6, 6.07) is 35.2. The molecule has 4 N–H and O–H groups in total. The van der Waals surface area contributed by atoms with Crippen LogP contribution in [0.2, 0.25) is 0 Å². The van der Waals surface area contributed by atoms with Crippen molar-refractivity contribution in [3.63, 3.8) is 0 Å². The molecule has 0 saturated heterocycles. The van der Waals surface area contributed by atoms with Crippen LogP contribution in [0.3, 0.4) is 0 Å². The van der Waals surface area contributed by atoms with E-state index < -0.39 is 40.5 Å². The second-order valence-corrected chi connectivity index (χ2v) is 20.0. The van der Waals surface area contributed by atoms with Crippen molar-refractivity contribution in [2.45, 2.75) is 19.6 Å². The maximum absolute atomic E-state index is 12.0. The zero-order valence-electron chi connectivity index (χ0n) is 33.0. The number of benzene rings is 4. The van der Waals surface area contributed by atoms with E-state index in [2.05, 4.69) is 0 Å². The average Bonchev–Trinajstić information content (AvgIpc) is 4.08. The van der Waals surface area contributed by atoms with E-state index in [4.69, 9.17) is 19.9 Å². The van der Waals surface area contributed by atoms with Crippen molar-refractivity contribution in [2.75, 3.05) is 0 Å². The van der Waals surface area contributed by atoms with Gasteiger partial charge < -0.3 is 19.9 Å². The molecule has 16 nitrogen and oxygen atoms in total. The van der Waals surface area contributed by atoms with Crippen LogP contribution < -0.4 is 41.3 Å². The number of hydrogen-bond acceptors (Lipinski definition) is 8. The van der Waals surface area contributed by atoms with Gasteiger partial charge in [-0.2, -0.15) is 33.7 Å². The predicted octanol–water partition coefficient (Wildman–Crippen LogP) is 1.80. The Kier molecular flexibility index (Phi) is 11.6. The first-order valence-electron chi connectivity index (χ1n) is 18.6. The summed E-state index contributed by atoms with van der Waals surface area (Å²) in [4.78, 5) is 18.7. The molecule has 0 radical (unpaired) electrons. The summed E-state index contributed by atoms with van der Waals surface area (Å²) in [5, 5.41) is 1.40. The molecule has 9 rings (SSSR count). The molecule has 0 saturated carbocycles. The zero-order chi connectivity index (χ0) is 45.3. The van der Waals surface area contributed by atoms with Gasteiger partial charge in [0.05, 0.1) is 19.6 Å². The van der Waals surface area contributed by atoms with Gasteiger partial charge in [-0.05, 0) is 93.1 Å². The summed E-state index contributed by atoms with van der Waals surface area (Å²) in [5.74, 6) is 0. The van der Waals surface area contributed by atoms with E-state index in [1.807, 2.05) is 0 Å². The van der Waals surface area contributed by atoms with Gasteiger partial charge in [-0.3, -0.25) is 18.2 Å². The minimum Gasteiger partial charge on any atom is -0.657 e. The first kappa shape index (κ1) is 45.3. The van der Waals surface area contributed by atoms with E-state index in [1.54, 1.807) is 48.5 Å². The summed E-state index contributed by atoms with van der Waals surface area (Å²) in [6.07, 6.45) is 0. The van der Waals surface area contributed by atoms with Crippen LogP contribution in [0, 0.1) is 0 Å². The van der Waals surface area contributed by atoms with Crippen LogP contribution in [-0.4, -0.2) is 51.9 Å². The van der Waals surface area contributed by atoms with E-state index in [9.17, 15) is 51.9 Å². The Morgan fingerprint density at radius 3 is 0.615 bits per heavy atom. The molecule has 5 heterocycles. The fourth-order valence-corrected chi connectivity index (χ4v) is 9.36. The summed E-state index contributed by atoms with van der Waals surface area (Å²) < 4.78 is 135. The summed E-state index contributed by atoms with van der Waals surface area (Å²) in [7, 11) is -18.2. The Morgan fingerprint density at radius 2 is 0.446 bits per heavy atom. The van der Waals surface area contributed by atoms with Crippen LogP contribution in [0.1, 0.15) is 45.0 Å². The maximum Gasteiger partial charge on any atom is 0.294 e. The van der Waals surface area contributed by atoms with Crippen LogP contribution in [0.5, 0.6) is 0 Å². The van der Waals surface area contributed by atoms with Gasteiger partial charge >= 0.3 is 0 Å². The molecule has 0 amide bonds. The van der Waals surface area contributed by atoms with Crippen molar-refractivity contribution >= 4 is 62.8 Å². The Hall–Kier alpha value is -6.26. The van der Waals surface area contributed by atoms with Crippen molar-refractivity contribution in [3.05, 3.63) is 212 Å². The van der Waals surface area contributed by atoms with Gasteiger partial charge in [-0.1, -0.05) is 97.1 Å². The van der Waals surface area contributed by atoms with E-state index in [-0.39, 0.29) is 39.1 Å². The second kappa shape index (κ2) is 16.6. The van der Waals surface area contributed by atoms with Gasteiger partial charge in [0.1, 0.15) is 0 Å². The van der Waals surface area contributed by atoms with Crippen molar-refractivity contribution in [1.82, 2.24) is 19.9 Å². The first-order valence-corrected chi connectivity index (χ1v) is 24.4. The smallest absolute Gasteiger partial charge is 0.294 e. The number of nitrogens with zero attached hydrogens (tertiary/aromatic N) is 4. The molecule has 8 aromatic rings. The second-order valence-electron chi connectivity index (χ2n) is 14.4. The summed E-state index contributed by atoms with van der Waals surface area (Å²) >= 11 is 0. The molecule has 4 aromatic carbocycles. The molecule has 0 spiro atoms. The molecule has 1 aliphatic heterocycles. The van der Waals surface area contributed by atoms with Crippen LogP contribution in [-0.2, 0) is 60.0 Å². The van der Waals surface area contributed by atoms with Crippen LogP contribution in [0.4, 0.5) is 0 Å². The van der Waals surface area contributed by atoms with Crippen LogP contribution in [0.15, 0.2) is 165 Å². The summed E-state index contributed by atoms with van der Waals surface area (Å²) in [6.45, 7) is 0. The Bertz CT molecular complexity index is 3410. The first-order chi connectivity index (χ1) is 30.2. The molecular weight excluding hydrogens is 970 g/mol. The normalized spacial score (nSPS) is 16.8. The van der Waals surface area contributed by atoms with Gasteiger partial charge in [-0.25, -0.2) is 0 Å². The molecular formula is C44H28N4O12S4Zn-4. The van der Waals surface area contributed by atoms with Gasteiger partial charge in [-0.15, -0.1) is 44.2 Å². The van der Waals surface area contributed by atoms with Crippen molar-refractivity contribution in [2.24, 2.45) is 0 Å². The van der Waals surface area contributed by atoms with Crippen molar-refractivity contribution in [1.29, 1.82) is 0 Å². The van der Waals surface area contributed by atoms with E-state index in [0.29, 0.717) is 88.7 Å². The Morgan fingerprint density at radius 1 is 0.262 bits per heavy atom. The molecule has 4 aromatic heterocycles. The fraction of sp³-hybridized carbons (Fsp3) is 0. The SMILES string of the molecule is O=S(=O)(O)c1ccc(/C2=c3\cc/c([n-]3)=C(\c3ccc(S(=O)(=O)O)cc3)c3ccc([n-]3)/C(c3ccc(S(=O)(=O)O)cc3)=c3/cc/c([n-]3)=C(\c3ccc(S(=O)(=O)O)cc3)c3ccc2[n-]3)cc1.[Zn]. The molecule has 21 heteroatoms. The van der Waals surface area contributed by atoms with Crippen molar-refractivity contribution < 1.29 is 71.4 Å². The van der Waals surface area contributed by atoms with Gasteiger partial charge in [0.2, 0.25) is 0 Å². The molecule has 0 aliphatic carbocycles. The number of rotatable bonds is 8. The maximum atomic E-state index is 12.0. The standard InChI is InChI=1S/C44H28N4O12S4.Zn/c49-61(50,51)29-9-1-25(2-10-29)41-33-17-19-35(45-33)42(26-3-11-30(12-4-26)62(52,53)54)37-21-23-39(47-37)44(28-7-15-32(16-8-28)64(58,59)60)40-24-22-38(48-40)43(36-20-18-34(41)46-36)27-5-13-31(14-6-27)63(55,56)57;/h1-24H,(H,49,50,51)(H,52,53,54)(H,55,56,57)(H,58,59,60);/q-4;/b41-33-,41-34?,42-35-,42-37?,43-36?,43-38-,44-39?,44-40-;. The average molecular weight is 998 g/mol. The monoisotopic (exact) mass is 996 g/mol. The third-order valence-electron chi connectivity index (χ3n) is 10.4. The summed E-state index contributed by atoms with van der Waals surface area (Å²) in [5.41, 5.74) is 4.88. The van der Waals surface area contributed by atoms with Gasteiger partial charge in [0, 0.05) is 19.5 Å². The zero-order valence-corrected chi connectivity index (χ0v) is 39.3. The molecule has 8 bridgehead atoms. The molecule has 0 unspecified atom stereocenters. The topological polar surface area (TPSA) is 274 Å². The molecule has 0 fully saturated rings. The third kappa shape index (κ3) is 8.93. The van der Waals surface area contributed by atoms with Gasteiger partial charge in [0.15, 0.2) is 0 Å². The minimum atomic E-state index is -4.56. The van der Waals surface area contributed by atoms with E-state index in [1.165, 1.54) is 97.1 Å². The Labute approximate surface area is 383 Å². The molecule has 65 heavy (non-hydrogen) atoms. The van der Waals surface area contributed by atoms with E-state index in [0.717, 1.165) is 0 Å². The predicted molar refractivity (Wildman–Crippen MR) is 229 cm³/mol. The fourth-order valence-electron chi connectivity index (χ4n) is 7.44. The number of aromatic nitrogens is 4. The number of hydrogen-bond donors (Lipinski definition) is 4. The number of fused-ring (bicyclic) bond motifs is 8. The van der Waals surface area contributed by atoms with E-state index >= 15 is 0 Å². The van der Waals surface area contributed by atoms with Gasteiger partial charge in [0.25, 0.3) is 40.5 Å².